The summed E-state index contributed by atoms with van der Waals surface area (Å²) in [4.78, 5) is 3.52. The van der Waals surface area contributed by atoms with E-state index in [0.717, 1.165) is 11.3 Å². The summed E-state index contributed by atoms with van der Waals surface area (Å²) in [6.45, 7) is 7.04. The van der Waals surface area contributed by atoms with Crippen LogP contribution in [0.2, 0.25) is 0 Å². The van der Waals surface area contributed by atoms with E-state index >= 15 is 0 Å². The van der Waals surface area contributed by atoms with Crippen LogP contribution >= 0.6 is 11.3 Å². The van der Waals surface area contributed by atoms with E-state index in [1.165, 1.54) is 10.9 Å². The maximum Gasteiger partial charge on any atom is 0.123 e. The molecule has 0 saturated heterocycles. The molecule has 0 fully saturated rings. The number of halogens is 1. The first-order valence-corrected chi connectivity index (χ1v) is 8.15. The quantitative estimate of drug-likeness (QED) is 0.840. The van der Waals surface area contributed by atoms with Gasteiger partial charge in [-0.3, -0.25) is 0 Å². The molecule has 2 aromatic rings. The molecule has 0 aliphatic carbocycles. The van der Waals surface area contributed by atoms with Gasteiger partial charge in [-0.1, -0.05) is 19.9 Å². The highest BCUT2D eigenvalue weighted by Crippen LogP contribution is 2.30. The molecule has 2 rings (SSSR count). The average Bonchev–Trinajstić information content (AvgIpc) is 2.97. The lowest BCUT2D eigenvalue weighted by atomic mass is 10.1. The van der Waals surface area contributed by atoms with Gasteiger partial charge in [0.25, 0.3) is 0 Å². The Balaban J connectivity index is 2.25. The van der Waals surface area contributed by atoms with Crippen LogP contribution in [0, 0.1) is 5.82 Å². The summed E-state index contributed by atoms with van der Waals surface area (Å²) in [7, 11) is 2.07. The van der Waals surface area contributed by atoms with Crippen molar-refractivity contribution in [2.75, 3.05) is 11.9 Å². The maximum absolute atomic E-state index is 13.6. The molecule has 1 unspecified atom stereocenters. The van der Waals surface area contributed by atoms with Crippen molar-refractivity contribution >= 4 is 17.0 Å². The molecule has 0 spiro atoms. The van der Waals surface area contributed by atoms with Gasteiger partial charge in [0.2, 0.25) is 0 Å². The maximum atomic E-state index is 13.6. The number of nitrogens with zero attached hydrogens (tertiary/aromatic N) is 1. The first kappa shape index (κ1) is 16.0. The lowest BCUT2D eigenvalue weighted by molar-refractivity contribution is 0.579. The second-order valence-corrected chi connectivity index (χ2v) is 6.59. The number of rotatable bonds is 6. The Hall–Kier alpha value is -1.39. The van der Waals surface area contributed by atoms with Crippen molar-refractivity contribution in [3.05, 3.63) is 52.0 Å². The molecule has 4 heteroatoms. The minimum atomic E-state index is -0.184. The van der Waals surface area contributed by atoms with Gasteiger partial charge in [-0.2, -0.15) is 0 Å². The second kappa shape index (κ2) is 7.05. The standard InChI is InChI=1S/C17H23FN2S/c1-12(2)19-11-14-10-15(18)7-8-16(14)20(4)13(3)17-6-5-9-21-17/h5-10,12-13,19H,11H2,1-4H3. The lowest BCUT2D eigenvalue weighted by Crippen LogP contribution is -2.26. The van der Waals surface area contributed by atoms with E-state index in [1.807, 2.05) is 6.07 Å². The SMILES string of the molecule is CC(C)NCc1cc(F)ccc1N(C)C(C)c1cccs1. The Morgan fingerprint density at radius 1 is 1.24 bits per heavy atom. The predicted octanol–water partition coefficient (Wildman–Crippen LogP) is 4.58. The molecule has 0 aliphatic rings. The second-order valence-electron chi connectivity index (χ2n) is 5.61. The lowest BCUT2D eigenvalue weighted by Gasteiger charge is -2.29. The topological polar surface area (TPSA) is 15.3 Å². The fourth-order valence-electron chi connectivity index (χ4n) is 2.28. The van der Waals surface area contributed by atoms with Crippen molar-refractivity contribution in [1.82, 2.24) is 5.32 Å². The Labute approximate surface area is 130 Å². The van der Waals surface area contributed by atoms with Gasteiger partial charge in [0.1, 0.15) is 5.82 Å². The van der Waals surface area contributed by atoms with Crippen LogP contribution in [0.3, 0.4) is 0 Å². The minimum Gasteiger partial charge on any atom is -0.367 e. The van der Waals surface area contributed by atoms with Crippen LogP contribution in [0.15, 0.2) is 35.7 Å². The Bertz CT molecular complexity index is 566. The van der Waals surface area contributed by atoms with Crippen LogP contribution in [0.4, 0.5) is 10.1 Å². The van der Waals surface area contributed by atoms with Gasteiger partial charge < -0.3 is 10.2 Å². The number of hydrogen-bond acceptors (Lipinski definition) is 3. The van der Waals surface area contributed by atoms with Crippen molar-refractivity contribution in [3.8, 4) is 0 Å². The van der Waals surface area contributed by atoms with Gasteiger partial charge in [0.15, 0.2) is 0 Å². The zero-order valence-corrected chi connectivity index (χ0v) is 13.9. The van der Waals surface area contributed by atoms with Crippen LogP contribution in [0.5, 0.6) is 0 Å². The van der Waals surface area contributed by atoms with Crippen molar-refractivity contribution in [2.45, 2.75) is 39.4 Å². The molecule has 1 heterocycles. The van der Waals surface area contributed by atoms with Gasteiger partial charge in [0, 0.05) is 30.2 Å². The van der Waals surface area contributed by atoms with Gasteiger partial charge in [-0.15, -0.1) is 11.3 Å². The van der Waals surface area contributed by atoms with E-state index in [1.54, 1.807) is 17.4 Å². The number of anilines is 1. The van der Waals surface area contributed by atoms with Crippen molar-refractivity contribution < 1.29 is 4.39 Å². The molecule has 21 heavy (non-hydrogen) atoms. The van der Waals surface area contributed by atoms with Crippen LogP contribution in [0.25, 0.3) is 0 Å². The highest BCUT2D eigenvalue weighted by molar-refractivity contribution is 7.10. The molecular formula is C17H23FN2S. The summed E-state index contributed by atoms with van der Waals surface area (Å²) in [5.74, 6) is -0.184. The molecule has 1 atom stereocenters. The van der Waals surface area contributed by atoms with Crippen LogP contribution in [0.1, 0.15) is 37.3 Å². The molecular weight excluding hydrogens is 283 g/mol. The van der Waals surface area contributed by atoms with Crippen molar-refractivity contribution in [3.63, 3.8) is 0 Å². The molecule has 0 radical (unpaired) electrons. The van der Waals surface area contributed by atoms with Gasteiger partial charge >= 0.3 is 0 Å². The van der Waals surface area contributed by atoms with Crippen LogP contribution in [-0.2, 0) is 6.54 Å². The van der Waals surface area contributed by atoms with E-state index < -0.39 is 0 Å². The Kier molecular flexibility index (Phi) is 5.37. The summed E-state index contributed by atoms with van der Waals surface area (Å²) in [5, 5.41) is 5.46. The van der Waals surface area contributed by atoms with Gasteiger partial charge in [-0.25, -0.2) is 4.39 Å². The molecule has 0 amide bonds. The predicted molar refractivity (Wildman–Crippen MR) is 89.5 cm³/mol. The summed E-state index contributed by atoms with van der Waals surface area (Å²) in [6, 6.07) is 9.89. The zero-order valence-electron chi connectivity index (χ0n) is 13.1. The summed E-state index contributed by atoms with van der Waals surface area (Å²) < 4.78 is 13.6. The monoisotopic (exact) mass is 306 g/mol. The van der Waals surface area contributed by atoms with E-state index in [-0.39, 0.29) is 11.9 Å². The van der Waals surface area contributed by atoms with Crippen LogP contribution in [-0.4, -0.2) is 13.1 Å². The van der Waals surface area contributed by atoms with Gasteiger partial charge in [-0.05, 0) is 42.1 Å². The fraction of sp³-hybridized carbons (Fsp3) is 0.412. The third-order valence-electron chi connectivity index (χ3n) is 3.66. The molecule has 0 aliphatic heterocycles. The smallest absolute Gasteiger partial charge is 0.123 e. The fourth-order valence-corrected chi connectivity index (χ4v) is 3.11. The van der Waals surface area contributed by atoms with Crippen LogP contribution < -0.4 is 10.2 Å². The largest absolute Gasteiger partial charge is 0.367 e. The molecule has 114 valence electrons. The number of hydrogen-bond donors (Lipinski definition) is 1. The minimum absolute atomic E-state index is 0.184. The van der Waals surface area contributed by atoms with Crippen molar-refractivity contribution in [1.29, 1.82) is 0 Å². The molecule has 0 saturated carbocycles. The summed E-state index contributed by atoms with van der Waals surface area (Å²) in [6.07, 6.45) is 0. The molecule has 1 N–H and O–H groups in total. The van der Waals surface area contributed by atoms with E-state index in [0.29, 0.717) is 12.6 Å². The first-order valence-electron chi connectivity index (χ1n) is 7.27. The highest BCUT2D eigenvalue weighted by atomic mass is 32.1. The first-order chi connectivity index (χ1) is 9.99. The Morgan fingerprint density at radius 2 is 2.00 bits per heavy atom. The van der Waals surface area contributed by atoms with E-state index in [9.17, 15) is 4.39 Å². The number of nitrogens with one attached hydrogen (secondary N) is 1. The molecule has 1 aromatic heterocycles. The number of thiophene rings is 1. The van der Waals surface area contributed by atoms with E-state index in [4.69, 9.17) is 0 Å². The summed E-state index contributed by atoms with van der Waals surface area (Å²) >= 11 is 1.75. The average molecular weight is 306 g/mol. The normalized spacial score (nSPS) is 12.7. The third kappa shape index (κ3) is 4.05. The molecule has 1 aromatic carbocycles. The zero-order chi connectivity index (χ0) is 15.4. The third-order valence-corrected chi connectivity index (χ3v) is 4.70. The number of benzene rings is 1. The van der Waals surface area contributed by atoms with Crippen molar-refractivity contribution in [2.24, 2.45) is 0 Å². The Morgan fingerprint density at radius 3 is 2.62 bits per heavy atom. The van der Waals surface area contributed by atoms with Gasteiger partial charge in [0.05, 0.1) is 6.04 Å². The molecule has 0 bridgehead atoms. The highest BCUT2D eigenvalue weighted by Gasteiger charge is 2.16. The summed E-state index contributed by atoms with van der Waals surface area (Å²) in [5.41, 5.74) is 2.07. The van der Waals surface area contributed by atoms with E-state index in [2.05, 4.69) is 55.5 Å². The molecule has 2 nitrogen and oxygen atoms in total.